The molecule has 12 heteroatoms. The third-order valence-corrected chi connectivity index (χ3v) is 8.50. The van der Waals surface area contributed by atoms with Gasteiger partial charge in [0.1, 0.15) is 5.70 Å². The van der Waals surface area contributed by atoms with Crippen LogP contribution in [0.25, 0.3) is 6.08 Å². The fraction of sp³-hybridized carbons (Fsp3) is 0.139. The van der Waals surface area contributed by atoms with E-state index in [0.717, 1.165) is 4.90 Å². The van der Waals surface area contributed by atoms with Gasteiger partial charge in [-0.3, -0.25) is 19.2 Å². The lowest BCUT2D eigenvalue weighted by atomic mass is 10.1. The minimum Gasteiger partial charge on any atom is -0.493 e. The molecule has 1 heterocycles. The van der Waals surface area contributed by atoms with Crippen molar-refractivity contribution < 1.29 is 38.2 Å². The number of ether oxygens (including phenoxy) is 3. The Labute approximate surface area is 280 Å². The lowest BCUT2D eigenvalue weighted by Crippen LogP contribution is -2.31. The number of carbonyl (C=O) groups excluding carboxylic acids is 5. The predicted octanol–water partition coefficient (Wildman–Crippen LogP) is 5.32. The molecule has 48 heavy (non-hydrogen) atoms. The van der Waals surface area contributed by atoms with E-state index >= 15 is 0 Å². The highest BCUT2D eigenvalue weighted by Crippen LogP contribution is 2.35. The minimum atomic E-state index is -0.654. The quantitative estimate of drug-likeness (QED) is 0.124. The SMILES string of the molecule is COC(=O)c1ccc(N2C(=O)CC(Sc3ccc(NC(=O)/C(=C/c4cccc(OC)c4OC)NC(=O)c4ccccc4)cc3)C2=O)cc1. The summed E-state index contributed by atoms with van der Waals surface area (Å²) >= 11 is 1.23. The van der Waals surface area contributed by atoms with Gasteiger partial charge in [0.25, 0.3) is 11.8 Å². The summed E-state index contributed by atoms with van der Waals surface area (Å²) in [7, 11) is 4.25. The van der Waals surface area contributed by atoms with Crippen LogP contribution >= 0.6 is 11.8 Å². The molecule has 1 saturated heterocycles. The van der Waals surface area contributed by atoms with Gasteiger partial charge >= 0.3 is 5.97 Å². The minimum absolute atomic E-state index is 0.00371. The molecule has 1 atom stereocenters. The average Bonchev–Trinajstić information content (AvgIpc) is 3.39. The Morgan fingerprint density at radius 1 is 0.812 bits per heavy atom. The number of nitrogens with one attached hydrogen (secondary N) is 2. The van der Waals surface area contributed by atoms with E-state index in [0.29, 0.717) is 44.5 Å². The second kappa shape index (κ2) is 15.1. The van der Waals surface area contributed by atoms with Crippen molar-refractivity contribution in [3.8, 4) is 11.5 Å². The molecule has 11 nitrogen and oxygen atoms in total. The van der Waals surface area contributed by atoms with E-state index in [2.05, 4.69) is 10.6 Å². The molecular formula is C36H31N3O8S. The van der Waals surface area contributed by atoms with Gasteiger partial charge < -0.3 is 24.8 Å². The number of hydrogen-bond acceptors (Lipinski definition) is 9. The van der Waals surface area contributed by atoms with Crippen LogP contribution in [-0.2, 0) is 19.1 Å². The first-order valence-electron chi connectivity index (χ1n) is 14.6. The normalized spacial score (nSPS) is 14.4. The van der Waals surface area contributed by atoms with Crippen molar-refractivity contribution in [3.05, 3.63) is 119 Å². The summed E-state index contributed by atoms with van der Waals surface area (Å²) in [6.45, 7) is 0. The summed E-state index contributed by atoms with van der Waals surface area (Å²) < 4.78 is 15.6. The summed E-state index contributed by atoms with van der Waals surface area (Å²) in [5.74, 6) is -1.46. The van der Waals surface area contributed by atoms with Crippen LogP contribution in [-0.4, -0.2) is 56.2 Å². The fourth-order valence-corrected chi connectivity index (χ4v) is 5.99. The summed E-state index contributed by atoms with van der Waals surface area (Å²) in [6.07, 6.45) is 1.50. The molecule has 1 unspecified atom stereocenters. The Kier molecular flexibility index (Phi) is 10.6. The van der Waals surface area contributed by atoms with Gasteiger partial charge in [-0.05, 0) is 72.8 Å². The van der Waals surface area contributed by atoms with Gasteiger partial charge in [-0.15, -0.1) is 11.8 Å². The lowest BCUT2D eigenvalue weighted by molar-refractivity contribution is -0.121. The first-order valence-corrected chi connectivity index (χ1v) is 15.5. The number of hydrogen-bond donors (Lipinski definition) is 2. The summed E-state index contributed by atoms with van der Waals surface area (Å²) in [4.78, 5) is 66.1. The molecule has 2 N–H and O–H groups in total. The molecule has 0 saturated carbocycles. The fourth-order valence-electron chi connectivity index (χ4n) is 4.93. The van der Waals surface area contributed by atoms with E-state index in [1.807, 2.05) is 0 Å². The maximum atomic E-state index is 13.5. The molecule has 4 aromatic carbocycles. The van der Waals surface area contributed by atoms with Crippen molar-refractivity contribution in [2.24, 2.45) is 0 Å². The number of anilines is 2. The summed E-state index contributed by atoms with van der Waals surface area (Å²) in [6, 6.07) is 26.5. The molecule has 1 aliphatic rings. The second-order valence-electron chi connectivity index (χ2n) is 10.4. The number of amides is 4. The zero-order valence-electron chi connectivity index (χ0n) is 26.2. The smallest absolute Gasteiger partial charge is 0.337 e. The van der Waals surface area contributed by atoms with Gasteiger partial charge in [0.05, 0.1) is 37.8 Å². The molecule has 4 aromatic rings. The molecule has 244 valence electrons. The van der Waals surface area contributed by atoms with Gasteiger partial charge in [0.15, 0.2) is 11.5 Å². The Morgan fingerprint density at radius 2 is 1.52 bits per heavy atom. The summed E-state index contributed by atoms with van der Waals surface area (Å²) in [5, 5.41) is 4.85. The van der Waals surface area contributed by atoms with E-state index in [1.165, 1.54) is 63.4 Å². The van der Waals surface area contributed by atoms with Gasteiger partial charge in [-0.2, -0.15) is 0 Å². The van der Waals surface area contributed by atoms with Crippen LogP contribution in [0.5, 0.6) is 11.5 Å². The topological polar surface area (TPSA) is 140 Å². The number of benzene rings is 4. The molecule has 0 spiro atoms. The van der Waals surface area contributed by atoms with Crippen molar-refractivity contribution >= 4 is 58.8 Å². The molecule has 5 rings (SSSR count). The molecule has 4 amide bonds. The Balaban J connectivity index is 1.30. The van der Waals surface area contributed by atoms with E-state index in [-0.39, 0.29) is 23.9 Å². The first kappa shape index (κ1) is 33.5. The van der Waals surface area contributed by atoms with Crippen molar-refractivity contribution in [2.75, 3.05) is 31.5 Å². The van der Waals surface area contributed by atoms with Crippen molar-refractivity contribution in [3.63, 3.8) is 0 Å². The van der Waals surface area contributed by atoms with Crippen LogP contribution in [0.1, 0.15) is 32.7 Å². The average molecular weight is 666 g/mol. The third kappa shape index (κ3) is 7.56. The van der Waals surface area contributed by atoms with Crippen molar-refractivity contribution in [1.82, 2.24) is 5.32 Å². The first-order chi connectivity index (χ1) is 23.2. The Morgan fingerprint density at radius 3 is 2.17 bits per heavy atom. The number of nitrogens with zero attached hydrogens (tertiary/aromatic N) is 1. The molecule has 0 radical (unpaired) electrons. The molecule has 0 bridgehead atoms. The number of methoxy groups -OCH3 is 3. The largest absolute Gasteiger partial charge is 0.493 e. The molecule has 0 aliphatic carbocycles. The van der Waals surface area contributed by atoms with Crippen LogP contribution < -0.4 is 25.0 Å². The highest BCUT2D eigenvalue weighted by atomic mass is 32.2. The number of rotatable bonds is 11. The monoisotopic (exact) mass is 665 g/mol. The maximum Gasteiger partial charge on any atom is 0.337 e. The van der Waals surface area contributed by atoms with Crippen molar-refractivity contribution in [1.29, 1.82) is 0 Å². The Bertz CT molecular complexity index is 1880. The van der Waals surface area contributed by atoms with Gasteiger partial charge in [-0.1, -0.05) is 30.3 Å². The van der Waals surface area contributed by atoms with E-state index in [1.54, 1.807) is 72.8 Å². The standard InChI is InChI=1S/C36H31N3O8S/c1-45-29-11-7-10-24(32(29)46-2)20-28(38-33(41)22-8-5-4-6-9-22)34(42)37-25-14-18-27(19-15-25)48-30-21-31(40)39(35(30)43)26-16-12-23(13-17-26)36(44)47-3/h4-20,30H,21H2,1-3H3,(H,37,42)(H,38,41)/b28-20-. The predicted molar refractivity (Wildman–Crippen MR) is 181 cm³/mol. The van der Waals surface area contributed by atoms with E-state index < -0.39 is 23.0 Å². The van der Waals surface area contributed by atoms with Gasteiger partial charge in [0, 0.05) is 28.1 Å². The number of imide groups is 1. The van der Waals surface area contributed by atoms with Crippen molar-refractivity contribution in [2.45, 2.75) is 16.6 Å². The highest BCUT2D eigenvalue weighted by molar-refractivity contribution is 8.00. The number of para-hydroxylation sites is 1. The zero-order valence-corrected chi connectivity index (χ0v) is 27.0. The van der Waals surface area contributed by atoms with Gasteiger partial charge in [-0.25, -0.2) is 9.69 Å². The summed E-state index contributed by atoms with van der Waals surface area (Å²) in [5.41, 5.74) is 1.94. The van der Waals surface area contributed by atoms with E-state index in [9.17, 15) is 24.0 Å². The van der Waals surface area contributed by atoms with Gasteiger partial charge in [0.2, 0.25) is 11.8 Å². The lowest BCUT2D eigenvalue weighted by Gasteiger charge is -2.15. The molecular weight excluding hydrogens is 634 g/mol. The maximum absolute atomic E-state index is 13.5. The third-order valence-electron chi connectivity index (χ3n) is 7.30. The van der Waals surface area contributed by atoms with Crippen LogP contribution in [0.3, 0.4) is 0 Å². The highest BCUT2D eigenvalue weighted by Gasteiger charge is 2.40. The number of esters is 1. The molecule has 1 aliphatic heterocycles. The zero-order chi connectivity index (χ0) is 34.2. The number of thioether (sulfide) groups is 1. The Hall–Kier alpha value is -5.88. The van der Waals surface area contributed by atoms with Crippen LogP contribution in [0.2, 0.25) is 0 Å². The van der Waals surface area contributed by atoms with Crippen LogP contribution in [0.4, 0.5) is 11.4 Å². The van der Waals surface area contributed by atoms with Crippen LogP contribution in [0, 0.1) is 0 Å². The molecule has 1 fully saturated rings. The second-order valence-corrected chi connectivity index (χ2v) is 11.6. The number of carbonyl (C=O) groups is 5. The molecule has 0 aromatic heterocycles. The van der Waals surface area contributed by atoms with E-state index in [4.69, 9.17) is 14.2 Å². The van der Waals surface area contributed by atoms with Crippen LogP contribution in [0.15, 0.2) is 108 Å².